The molecule has 0 nitrogen and oxygen atoms in total. The average Bonchev–Trinajstić information content (AvgIpc) is 2.60. The van der Waals surface area contributed by atoms with E-state index in [-0.39, 0.29) is 15.8 Å². The fourth-order valence-electron chi connectivity index (χ4n) is 3.17. The van der Waals surface area contributed by atoms with Crippen LogP contribution in [0.3, 0.4) is 0 Å². The van der Waals surface area contributed by atoms with Crippen LogP contribution in [0.1, 0.15) is 95.9 Å². The molecule has 5 heteroatoms. The van der Waals surface area contributed by atoms with Crippen LogP contribution in [0.4, 0.5) is 0 Å². The first-order valence-corrected chi connectivity index (χ1v) is 18.0. The van der Waals surface area contributed by atoms with Crippen molar-refractivity contribution in [1.82, 2.24) is 0 Å². The van der Waals surface area contributed by atoms with Gasteiger partial charge in [-0.1, -0.05) is 123 Å². The first-order valence-electron chi connectivity index (χ1n) is 11.9. The molecule has 0 N–H and O–H groups in total. The molecule has 31 heavy (non-hydrogen) atoms. The Morgan fingerprint density at radius 1 is 0.516 bits per heavy atom. The summed E-state index contributed by atoms with van der Waals surface area (Å²) >= 11 is 0.569. The molecule has 0 saturated carbocycles. The Balaban J connectivity index is -0.000000448. The zero-order valence-electron chi connectivity index (χ0n) is 22.6. The van der Waals surface area contributed by atoms with Gasteiger partial charge in [-0.15, -0.1) is 0 Å². The SMILES string of the molecule is CC(C)CC=CCP(C(C)C)C(C)C.CC(C)CC=CCP(C(C)C)C(C)C.[Cl][Ni][Cl]. The van der Waals surface area contributed by atoms with Gasteiger partial charge in [0.25, 0.3) is 0 Å². The summed E-state index contributed by atoms with van der Waals surface area (Å²) in [5.74, 6) is 1.60. The van der Waals surface area contributed by atoms with Crippen LogP contribution >= 0.6 is 36.2 Å². The van der Waals surface area contributed by atoms with Crippen LogP contribution in [0.2, 0.25) is 0 Å². The van der Waals surface area contributed by atoms with E-state index in [9.17, 15) is 0 Å². The minimum absolute atomic E-state index is 0.204. The molecular formula is C26H54Cl2NiP2. The summed E-state index contributed by atoms with van der Waals surface area (Å²) in [6.07, 6.45) is 14.7. The van der Waals surface area contributed by atoms with Gasteiger partial charge in [0.15, 0.2) is 0 Å². The van der Waals surface area contributed by atoms with Gasteiger partial charge in [0.2, 0.25) is 0 Å². The molecule has 0 aliphatic rings. The number of hydrogen-bond acceptors (Lipinski definition) is 0. The van der Waals surface area contributed by atoms with Crippen molar-refractivity contribution in [3.05, 3.63) is 24.3 Å². The van der Waals surface area contributed by atoms with E-state index in [4.69, 9.17) is 20.4 Å². The zero-order chi connectivity index (χ0) is 25.0. The second kappa shape index (κ2) is 24.5. The second-order valence-corrected chi connectivity index (χ2v) is 18.6. The summed E-state index contributed by atoms with van der Waals surface area (Å²) in [4.78, 5) is 0. The molecule has 0 heterocycles. The van der Waals surface area contributed by atoms with Gasteiger partial charge in [-0.3, -0.25) is 0 Å². The van der Waals surface area contributed by atoms with Crippen molar-refractivity contribution in [2.45, 2.75) is 119 Å². The molecule has 0 saturated heterocycles. The summed E-state index contributed by atoms with van der Waals surface area (Å²) in [5, 5.41) is 0. The Kier molecular flexibility index (Phi) is 29.3. The number of rotatable bonds is 12. The van der Waals surface area contributed by atoms with E-state index >= 15 is 0 Å². The van der Waals surface area contributed by atoms with Crippen LogP contribution < -0.4 is 0 Å². The summed E-state index contributed by atoms with van der Waals surface area (Å²) in [6, 6.07) is 0. The van der Waals surface area contributed by atoms with Crippen molar-refractivity contribution in [2.24, 2.45) is 11.8 Å². The van der Waals surface area contributed by atoms with Gasteiger partial charge < -0.3 is 0 Å². The summed E-state index contributed by atoms with van der Waals surface area (Å²) in [7, 11) is 9.81. The van der Waals surface area contributed by atoms with Crippen LogP contribution in [0.25, 0.3) is 0 Å². The molecule has 0 fully saturated rings. The normalized spacial score (nSPS) is 12.5. The predicted molar refractivity (Wildman–Crippen MR) is 153 cm³/mol. The number of hydrogen-bond donors (Lipinski definition) is 0. The zero-order valence-corrected chi connectivity index (χ0v) is 26.9. The third kappa shape index (κ3) is 27.5. The van der Waals surface area contributed by atoms with Crippen LogP contribution in [0.15, 0.2) is 24.3 Å². The van der Waals surface area contributed by atoms with Crippen molar-refractivity contribution in [1.29, 1.82) is 0 Å². The fourth-order valence-corrected chi connectivity index (χ4v) is 8.02. The second-order valence-electron chi connectivity index (χ2n) is 10.0. The Morgan fingerprint density at radius 2 is 0.742 bits per heavy atom. The summed E-state index contributed by atoms with van der Waals surface area (Å²) in [6.45, 7) is 28.0. The molecule has 0 aromatic heterocycles. The van der Waals surface area contributed by atoms with Crippen molar-refractivity contribution in [2.75, 3.05) is 12.3 Å². The van der Waals surface area contributed by atoms with Crippen molar-refractivity contribution in [3.63, 3.8) is 0 Å². The van der Waals surface area contributed by atoms with Crippen LogP contribution in [0.5, 0.6) is 0 Å². The van der Waals surface area contributed by atoms with Gasteiger partial charge in [-0.25, -0.2) is 0 Å². The molecule has 0 unspecified atom stereocenters. The van der Waals surface area contributed by atoms with Crippen LogP contribution in [0, 0.1) is 11.8 Å². The minimum atomic E-state index is 0.204. The monoisotopic (exact) mass is 556 g/mol. The van der Waals surface area contributed by atoms with E-state index in [1.807, 2.05) is 0 Å². The van der Waals surface area contributed by atoms with Gasteiger partial charge in [0, 0.05) is 0 Å². The summed E-state index contributed by atoms with van der Waals surface area (Å²) in [5.41, 5.74) is 3.48. The van der Waals surface area contributed by atoms with Crippen molar-refractivity contribution >= 4 is 36.2 Å². The van der Waals surface area contributed by atoms with E-state index in [1.165, 1.54) is 25.2 Å². The first kappa shape index (κ1) is 37.0. The Morgan fingerprint density at radius 3 is 0.903 bits per heavy atom. The van der Waals surface area contributed by atoms with E-state index in [2.05, 4.69) is 107 Å². The molecule has 0 spiro atoms. The van der Waals surface area contributed by atoms with Gasteiger partial charge in [-0.2, -0.15) is 0 Å². The Hall–Kier alpha value is 1.41. The predicted octanol–water partition coefficient (Wildman–Crippen LogP) is 11.2. The summed E-state index contributed by atoms with van der Waals surface area (Å²) < 4.78 is 0. The molecule has 192 valence electrons. The van der Waals surface area contributed by atoms with Gasteiger partial charge >= 0.3 is 33.0 Å². The van der Waals surface area contributed by atoms with E-state index in [0.29, 0.717) is 12.7 Å². The van der Waals surface area contributed by atoms with Crippen molar-refractivity contribution in [3.8, 4) is 0 Å². The molecule has 0 rings (SSSR count). The van der Waals surface area contributed by atoms with Gasteiger partial charge in [0.1, 0.15) is 0 Å². The standard InChI is InChI=1S/2C13H27P.2ClH.Ni/c2*1-11(2)9-7-8-10-14(12(3)4)13(5)6;;;/h2*7-8,11-13H,9-10H2,1-6H3;2*1H;/q;;;;+2/p-2. The van der Waals surface area contributed by atoms with Gasteiger partial charge in [0.05, 0.1) is 0 Å². The third-order valence-electron chi connectivity index (χ3n) is 4.83. The average molecular weight is 558 g/mol. The third-order valence-corrected chi connectivity index (χ3v) is 11.4. The van der Waals surface area contributed by atoms with Crippen molar-refractivity contribution < 1.29 is 12.7 Å². The molecule has 0 radical (unpaired) electrons. The number of halogens is 2. The Bertz CT molecular complexity index is 366. The van der Waals surface area contributed by atoms with E-state index in [1.54, 1.807) is 0 Å². The maximum absolute atomic E-state index is 4.70. The van der Waals surface area contributed by atoms with Crippen LogP contribution in [-0.4, -0.2) is 35.0 Å². The molecular weight excluding hydrogens is 504 g/mol. The fraction of sp³-hybridized carbons (Fsp3) is 0.846. The quantitative estimate of drug-likeness (QED) is 0.127. The molecule has 0 amide bonds. The molecule has 0 aliphatic heterocycles. The number of allylic oxidation sites excluding steroid dienone is 4. The van der Waals surface area contributed by atoms with Crippen LogP contribution in [-0.2, 0) is 12.7 Å². The van der Waals surface area contributed by atoms with E-state index in [0.717, 1.165) is 34.5 Å². The molecule has 0 aromatic carbocycles. The van der Waals surface area contributed by atoms with Gasteiger partial charge in [-0.05, 0) is 59.6 Å². The topological polar surface area (TPSA) is 0 Å². The molecule has 0 atom stereocenters. The molecule has 0 bridgehead atoms. The molecule has 0 aromatic rings. The molecule has 0 aliphatic carbocycles. The Labute approximate surface area is 215 Å². The maximum atomic E-state index is 4.70. The van der Waals surface area contributed by atoms with E-state index < -0.39 is 0 Å². The first-order chi connectivity index (χ1) is 14.3.